The highest BCUT2D eigenvalue weighted by Crippen LogP contribution is 2.33. The molecule has 1 saturated carbocycles. The number of amides is 3. The van der Waals surface area contributed by atoms with E-state index in [1.807, 2.05) is 12.1 Å². The van der Waals surface area contributed by atoms with Crippen LogP contribution in [-0.2, 0) is 14.8 Å². The van der Waals surface area contributed by atoms with Gasteiger partial charge in [0.15, 0.2) is 0 Å². The maximum Gasteiger partial charge on any atom is 0.324 e. The molecule has 9 heteroatoms. The molecule has 8 nitrogen and oxygen atoms in total. The van der Waals surface area contributed by atoms with Gasteiger partial charge in [0.05, 0.1) is 11.4 Å². The Morgan fingerprint density at radius 3 is 2.19 bits per heavy atom. The minimum absolute atomic E-state index is 0.0804. The van der Waals surface area contributed by atoms with Crippen molar-refractivity contribution in [3.05, 3.63) is 29.8 Å². The van der Waals surface area contributed by atoms with Crippen molar-refractivity contribution in [2.45, 2.75) is 49.3 Å². The van der Waals surface area contributed by atoms with Crippen LogP contribution in [0.4, 0.5) is 4.79 Å². The zero-order valence-corrected chi connectivity index (χ0v) is 18.8. The first-order valence-corrected chi connectivity index (χ1v) is 12.8. The molecule has 0 radical (unpaired) electrons. The number of rotatable bonds is 7. The number of carbonyl (C=O) groups excluding carboxylic acids is 2. The lowest BCUT2D eigenvalue weighted by atomic mass is 9.84. The third-order valence-corrected chi connectivity index (χ3v) is 8.63. The molecule has 3 amide bonds. The van der Waals surface area contributed by atoms with Gasteiger partial charge in [0, 0.05) is 32.7 Å². The Labute approximate surface area is 184 Å². The van der Waals surface area contributed by atoms with Crippen LogP contribution in [-0.4, -0.2) is 80.3 Å². The standard InChI is InChI=1S/C22H32N4O4S/c27-21-17-23-22(28)26(21)12-4-11-24-13-15-25(16-14-24)31(29,30)20-9-7-19(8-10-20)18-5-2-1-3-6-18/h7-10,18H,1-6,11-17H2,(H,23,28). The number of nitrogens with zero attached hydrogens (tertiary/aromatic N) is 3. The molecule has 0 spiro atoms. The third-order valence-electron chi connectivity index (χ3n) is 6.72. The molecule has 2 aliphatic heterocycles. The minimum atomic E-state index is -3.48. The summed E-state index contributed by atoms with van der Waals surface area (Å²) in [6.45, 7) is 3.43. The van der Waals surface area contributed by atoms with E-state index in [0.29, 0.717) is 50.0 Å². The number of carbonyl (C=O) groups is 2. The van der Waals surface area contributed by atoms with Crippen LogP contribution in [0.3, 0.4) is 0 Å². The molecule has 4 rings (SSSR count). The van der Waals surface area contributed by atoms with E-state index in [1.165, 1.54) is 42.6 Å². The normalized spacial score (nSPS) is 22.1. The average Bonchev–Trinajstić information content (AvgIpc) is 3.12. The van der Waals surface area contributed by atoms with E-state index in [-0.39, 0.29) is 18.5 Å². The van der Waals surface area contributed by atoms with Crippen molar-refractivity contribution in [1.82, 2.24) is 19.4 Å². The highest BCUT2D eigenvalue weighted by molar-refractivity contribution is 7.89. The summed E-state index contributed by atoms with van der Waals surface area (Å²) < 4.78 is 27.7. The largest absolute Gasteiger partial charge is 0.329 e. The molecule has 0 unspecified atom stereocenters. The molecular formula is C22H32N4O4S. The summed E-state index contributed by atoms with van der Waals surface area (Å²) in [5.74, 6) is 0.381. The summed E-state index contributed by atoms with van der Waals surface area (Å²) in [6, 6.07) is 7.20. The van der Waals surface area contributed by atoms with Gasteiger partial charge in [-0.15, -0.1) is 0 Å². The van der Waals surface area contributed by atoms with E-state index in [1.54, 1.807) is 16.4 Å². The Morgan fingerprint density at radius 2 is 1.58 bits per heavy atom. The van der Waals surface area contributed by atoms with E-state index in [2.05, 4.69) is 10.2 Å². The maximum absolute atomic E-state index is 13.1. The van der Waals surface area contributed by atoms with Gasteiger partial charge in [-0.2, -0.15) is 4.31 Å². The van der Waals surface area contributed by atoms with Crippen LogP contribution >= 0.6 is 0 Å². The Hall–Kier alpha value is -1.97. The van der Waals surface area contributed by atoms with Gasteiger partial charge in [-0.3, -0.25) is 9.69 Å². The SMILES string of the molecule is O=C1CNC(=O)N1CCCN1CCN(S(=O)(=O)c2ccc(C3CCCCC3)cc2)CC1. The van der Waals surface area contributed by atoms with Crippen molar-refractivity contribution >= 4 is 22.0 Å². The van der Waals surface area contributed by atoms with E-state index < -0.39 is 10.0 Å². The number of urea groups is 1. The lowest BCUT2D eigenvalue weighted by molar-refractivity contribution is -0.125. The van der Waals surface area contributed by atoms with Gasteiger partial charge in [-0.05, 0) is 49.4 Å². The number of sulfonamides is 1. The molecule has 1 aromatic carbocycles. The lowest BCUT2D eigenvalue weighted by Crippen LogP contribution is -2.49. The molecule has 31 heavy (non-hydrogen) atoms. The summed E-state index contributed by atoms with van der Waals surface area (Å²) in [5, 5.41) is 2.52. The second kappa shape index (κ2) is 9.67. The number of hydrogen-bond acceptors (Lipinski definition) is 5. The van der Waals surface area contributed by atoms with Gasteiger partial charge in [0.1, 0.15) is 0 Å². The van der Waals surface area contributed by atoms with E-state index >= 15 is 0 Å². The molecule has 3 fully saturated rings. The topological polar surface area (TPSA) is 90.0 Å². The Balaban J connectivity index is 1.26. The van der Waals surface area contributed by atoms with Crippen LogP contribution in [0, 0.1) is 0 Å². The number of imide groups is 1. The fraction of sp³-hybridized carbons (Fsp3) is 0.636. The van der Waals surface area contributed by atoms with Crippen LogP contribution in [0.15, 0.2) is 29.2 Å². The van der Waals surface area contributed by atoms with E-state index in [9.17, 15) is 18.0 Å². The molecule has 1 aliphatic carbocycles. The molecule has 0 bridgehead atoms. The fourth-order valence-electron chi connectivity index (χ4n) is 4.82. The van der Waals surface area contributed by atoms with E-state index in [0.717, 1.165) is 6.54 Å². The van der Waals surface area contributed by atoms with Crippen LogP contribution in [0.1, 0.15) is 50.0 Å². The molecule has 1 aromatic rings. The first-order chi connectivity index (χ1) is 14.9. The number of piperazine rings is 1. The molecule has 170 valence electrons. The second-order valence-corrected chi connectivity index (χ2v) is 10.6. The Kier molecular flexibility index (Phi) is 6.93. The summed E-state index contributed by atoms with van der Waals surface area (Å²) in [4.78, 5) is 27.0. The van der Waals surface area contributed by atoms with Gasteiger partial charge >= 0.3 is 6.03 Å². The Bertz CT molecular complexity index is 873. The summed E-state index contributed by atoms with van der Waals surface area (Å²) in [7, 11) is -3.48. The zero-order valence-electron chi connectivity index (χ0n) is 18.0. The lowest BCUT2D eigenvalue weighted by Gasteiger charge is -2.34. The average molecular weight is 449 g/mol. The van der Waals surface area contributed by atoms with Gasteiger partial charge in [0.2, 0.25) is 15.9 Å². The van der Waals surface area contributed by atoms with Gasteiger partial charge < -0.3 is 10.2 Å². The summed E-state index contributed by atoms with van der Waals surface area (Å²) >= 11 is 0. The van der Waals surface area contributed by atoms with Crippen LogP contribution in [0.5, 0.6) is 0 Å². The van der Waals surface area contributed by atoms with Crippen molar-refractivity contribution < 1.29 is 18.0 Å². The molecule has 2 heterocycles. The third kappa shape index (κ3) is 5.10. The van der Waals surface area contributed by atoms with Crippen molar-refractivity contribution in [2.24, 2.45) is 0 Å². The van der Waals surface area contributed by atoms with Crippen molar-refractivity contribution in [3.8, 4) is 0 Å². The van der Waals surface area contributed by atoms with Crippen LogP contribution < -0.4 is 5.32 Å². The van der Waals surface area contributed by atoms with Gasteiger partial charge in [-0.25, -0.2) is 13.2 Å². The predicted octanol–water partition coefficient (Wildman–Crippen LogP) is 1.98. The zero-order chi connectivity index (χ0) is 21.8. The van der Waals surface area contributed by atoms with Crippen molar-refractivity contribution in [1.29, 1.82) is 0 Å². The second-order valence-electron chi connectivity index (χ2n) is 8.71. The van der Waals surface area contributed by atoms with Gasteiger partial charge in [-0.1, -0.05) is 31.4 Å². The molecular weight excluding hydrogens is 416 g/mol. The fourth-order valence-corrected chi connectivity index (χ4v) is 6.25. The number of benzene rings is 1. The highest BCUT2D eigenvalue weighted by Gasteiger charge is 2.30. The predicted molar refractivity (Wildman–Crippen MR) is 117 cm³/mol. The summed E-state index contributed by atoms with van der Waals surface area (Å²) in [6.07, 6.45) is 6.91. The first kappa shape index (κ1) is 22.2. The maximum atomic E-state index is 13.1. The highest BCUT2D eigenvalue weighted by atomic mass is 32.2. The molecule has 2 saturated heterocycles. The van der Waals surface area contributed by atoms with Crippen LogP contribution in [0.25, 0.3) is 0 Å². The molecule has 3 aliphatic rings. The number of nitrogens with one attached hydrogen (secondary N) is 1. The first-order valence-electron chi connectivity index (χ1n) is 11.4. The Morgan fingerprint density at radius 1 is 0.903 bits per heavy atom. The summed E-state index contributed by atoms with van der Waals surface area (Å²) in [5.41, 5.74) is 1.26. The van der Waals surface area contributed by atoms with E-state index in [4.69, 9.17) is 0 Å². The monoisotopic (exact) mass is 448 g/mol. The van der Waals surface area contributed by atoms with Crippen molar-refractivity contribution in [3.63, 3.8) is 0 Å². The molecule has 0 atom stereocenters. The minimum Gasteiger partial charge on any atom is -0.329 e. The number of hydrogen-bond donors (Lipinski definition) is 1. The van der Waals surface area contributed by atoms with Crippen LogP contribution in [0.2, 0.25) is 0 Å². The van der Waals surface area contributed by atoms with Gasteiger partial charge in [0.25, 0.3) is 0 Å². The molecule has 1 N–H and O–H groups in total. The molecule has 0 aromatic heterocycles. The quantitative estimate of drug-likeness (QED) is 0.645. The smallest absolute Gasteiger partial charge is 0.324 e. The van der Waals surface area contributed by atoms with Crippen molar-refractivity contribution in [2.75, 3.05) is 45.8 Å².